The summed E-state index contributed by atoms with van der Waals surface area (Å²) in [6.07, 6.45) is 0.236. The molecule has 0 saturated heterocycles. The predicted molar refractivity (Wildman–Crippen MR) is 84.8 cm³/mol. The molecule has 0 radical (unpaired) electrons. The van der Waals surface area contributed by atoms with Gasteiger partial charge in [-0.3, -0.25) is 0 Å². The van der Waals surface area contributed by atoms with Gasteiger partial charge in [0.05, 0.1) is 12.7 Å². The van der Waals surface area contributed by atoms with Gasteiger partial charge in [-0.1, -0.05) is 23.2 Å². The summed E-state index contributed by atoms with van der Waals surface area (Å²) in [5.41, 5.74) is 0. The molecule has 112 valence electrons. The third-order valence-electron chi connectivity index (χ3n) is 2.70. The first-order chi connectivity index (χ1) is 10.0. The van der Waals surface area contributed by atoms with Gasteiger partial charge in [-0.05, 0) is 49.4 Å². The quantitative estimate of drug-likeness (QED) is 0.817. The van der Waals surface area contributed by atoms with E-state index in [2.05, 4.69) is 0 Å². The smallest absolute Gasteiger partial charge is 0.130 e. The molecular weight excluding hydrogens is 311 g/mol. The van der Waals surface area contributed by atoms with Crippen molar-refractivity contribution in [1.29, 1.82) is 0 Å². The van der Waals surface area contributed by atoms with Crippen LogP contribution in [0.1, 0.15) is 13.3 Å². The van der Waals surface area contributed by atoms with Gasteiger partial charge in [-0.15, -0.1) is 0 Å². The average molecular weight is 327 g/mol. The monoisotopic (exact) mass is 326 g/mol. The third kappa shape index (κ3) is 5.46. The van der Waals surface area contributed by atoms with Crippen molar-refractivity contribution in [3.8, 4) is 17.2 Å². The van der Waals surface area contributed by atoms with E-state index in [4.69, 9.17) is 37.8 Å². The van der Waals surface area contributed by atoms with Crippen LogP contribution in [-0.4, -0.2) is 17.8 Å². The summed E-state index contributed by atoms with van der Waals surface area (Å²) in [6, 6.07) is 12.3. The molecular formula is C16H16Cl2O3. The molecule has 0 aliphatic carbocycles. The number of hydrogen-bond acceptors (Lipinski definition) is 3. The molecule has 1 N–H and O–H groups in total. The van der Waals surface area contributed by atoms with E-state index in [0.29, 0.717) is 34.6 Å². The van der Waals surface area contributed by atoms with Crippen LogP contribution in [0.15, 0.2) is 42.5 Å². The number of hydrogen-bond donors (Lipinski definition) is 1. The van der Waals surface area contributed by atoms with Crippen molar-refractivity contribution < 1.29 is 14.6 Å². The van der Waals surface area contributed by atoms with E-state index in [0.717, 1.165) is 5.75 Å². The topological polar surface area (TPSA) is 38.7 Å². The number of aliphatic hydroxyl groups is 1. The van der Waals surface area contributed by atoms with Crippen LogP contribution >= 0.6 is 23.2 Å². The first-order valence-electron chi connectivity index (χ1n) is 6.58. The van der Waals surface area contributed by atoms with E-state index in [1.807, 2.05) is 12.1 Å². The molecule has 0 saturated carbocycles. The van der Waals surface area contributed by atoms with E-state index in [1.54, 1.807) is 37.3 Å². The Hall–Kier alpha value is -1.42. The van der Waals surface area contributed by atoms with E-state index < -0.39 is 0 Å². The number of ether oxygens (including phenoxy) is 2. The lowest BCUT2D eigenvalue weighted by atomic mass is 10.3. The summed E-state index contributed by atoms with van der Waals surface area (Å²) in [7, 11) is 0. The van der Waals surface area contributed by atoms with Gasteiger partial charge >= 0.3 is 0 Å². The number of halogens is 2. The van der Waals surface area contributed by atoms with Crippen LogP contribution in [0.25, 0.3) is 0 Å². The van der Waals surface area contributed by atoms with Crippen molar-refractivity contribution in [3.63, 3.8) is 0 Å². The number of rotatable bonds is 6. The van der Waals surface area contributed by atoms with Gasteiger partial charge in [-0.25, -0.2) is 0 Å². The largest absolute Gasteiger partial charge is 0.493 e. The SMILES string of the molecule is CC(O)CCOc1ccc(Oc2cc(Cl)cc(Cl)c2)cc1. The molecule has 0 aliphatic rings. The lowest BCUT2D eigenvalue weighted by Gasteiger charge is -2.09. The van der Waals surface area contributed by atoms with Gasteiger partial charge in [0.15, 0.2) is 0 Å². The minimum absolute atomic E-state index is 0.361. The Bertz CT molecular complexity index is 562. The summed E-state index contributed by atoms with van der Waals surface area (Å²) >= 11 is 11.8. The molecule has 0 aromatic heterocycles. The molecule has 0 fully saturated rings. The Morgan fingerprint density at radius 2 is 1.52 bits per heavy atom. The van der Waals surface area contributed by atoms with Gasteiger partial charge in [0.1, 0.15) is 17.2 Å². The molecule has 0 spiro atoms. The fourth-order valence-electron chi connectivity index (χ4n) is 1.67. The van der Waals surface area contributed by atoms with Gasteiger partial charge in [0.25, 0.3) is 0 Å². The fourth-order valence-corrected chi connectivity index (χ4v) is 2.18. The summed E-state index contributed by atoms with van der Waals surface area (Å²) in [5.74, 6) is 1.97. The van der Waals surface area contributed by atoms with Crippen molar-refractivity contribution in [1.82, 2.24) is 0 Å². The van der Waals surface area contributed by atoms with Crippen molar-refractivity contribution in [2.24, 2.45) is 0 Å². The highest BCUT2D eigenvalue weighted by Gasteiger charge is 2.02. The van der Waals surface area contributed by atoms with Crippen LogP contribution < -0.4 is 9.47 Å². The number of benzene rings is 2. The molecule has 2 aromatic carbocycles. The maximum absolute atomic E-state index is 9.16. The van der Waals surface area contributed by atoms with E-state index >= 15 is 0 Å². The molecule has 0 amide bonds. The zero-order valence-electron chi connectivity index (χ0n) is 11.6. The highest BCUT2D eigenvalue weighted by Crippen LogP contribution is 2.29. The lowest BCUT2D eigenvalue weighted by Crippen LogP contribution is -2.07. The van der Waals surface area contributed by atoms with Gasteiger partial charge in [0.2, 0.25) is 0 Å². The first-order valence-corrected chi connectivity index (χ1v) is 7.33. The molecule has 0 bridgehead atoms. The molecule has 2 rings (SSSR count). The van der Waals surface area contributed by atoms with Crippen LogP contribution in [0.5, 0.6) is 17.2 Å². The summed E-state index contributed by atoms with van der Waals surface area (Å²) in [6.45, 7) is 2.21. The number of aliphatic hydroxyl groups excluding tert-OH is 1. The zero-order chi connectivity index (χ0) is 15.2. The van der Waals surface area contributed by atoms with Gasteiger partial charge in [-0.2, -0.15) is 0 Å². The molecule has 1 atom stereocenters. The van der Waals surface area contributed by atoms with Gasteiger partial charge in [0, 0.05) is 16.5 Å². The standard InChI is InChI=1S/C16H16Cl2O3/c1-11(19)6-7-20-14-2-4-15(5-3-14)21-16-9-12(17)8-13(18)10-16/h2-5,8-11,19H,6-7H2,1H3. The second kappa shape index (κ2) is 7.55. The maximum Gasteiger partial charge on any atom is 0.130 e. The van der Waals surface area contributed by atoms with Gasteiger partial charge < -0.3 is 14.6 Å². The van der Waals surface area contributed by atoms with E-state index in [-0.39, 0.29) is 6.10 Å². The maximum atomic E-state index is 9.16. The minimum Gasteiger partial charge on any atom is -0.493 e. The first kappa shape index (κ1) is 16.0. The molecule has 1 unspecified atom stereocenters. The Morgan fingerprint density at radius 1 is 0.952 bits per heavy atom. The normalized spacial score (nSPS) is 12.0. The third-order valence-corrected chi connectivity index (χ3v) is 3.14. The zero-order valence-corrected chi connectivity index (χ0v) is 13.1. The minimum atomic E-state index is -0.361. The molecule has 2 aromatic rings. The summed E-state index contributed by atoms with van der Waals surface area (Å²) < 4.78 is 11.2. The van der Waals surface area contributed by atoms with E-state index in [9.17, 15) is 0 Å². The highest BCUT2D eigenvalue weighted by molar-refractivity contribution is 6.34. The molecule has 21 heavy (non-hydrogen) atoms. The summed E-state index contributed by atoms with van der Waals surface area (Å²) in [5, 5.41) is 10.2. The Labute approximate surface area is 134 Å². The summed E-state index contributed by atoms with van der Waals surface area (Å²) in [4.78, 5) is 0. The average Bonchev–Trinajstić information content (AvgIpc) is 2.39. The second-order valence-corrected chi connectivity index (χ2v) is 5.54. The molecule has 0 heterocycles. The van der Waals surface area contributed by atoms with E-state index in [1.165, 1.54) is 0 Å². The van der Waals surface area contributed by atoms with Crippen LogP contribution in [-0.2, 0) is 0 Å². The van der Waals surface area contributed by atoms with Crippen LogP contribution in [0.2, 0.25) is 10.0 Å². The predicted octanol–water partition coefficient (Wildman–Crippen LogP) is 4.94. The second-order valence-electron chi connectivity index (χ2n) is 4.66. The molecule has 0 aliphatic heterocycles. The Kier molecular flexibility index (Phi) is 5.74. The van der Waals surface area contributed by atoms with Crippen LogP contribution in [0.4, 0.5) is 0 Å². The van der Waals surface area contributed by atoms with Crippen molar-refractivity contribution in [2.45, 2.75) is 19.4 Å². The fraction of sp³-hybridized carbons (Fsp3) is 0.250. The lowest BCUT2D eigenvalue weighted by molar-refractivity contribution is 0.155. The van der Waals surface area contributed by atoms with Crippen molar-refractivity contribution in [3.05, 3.63) is 52.5 Å². The molecule has 5 heteroatoms. The van der Waals surface area contributed by atoms with Crippen LogP contribution in [0, 0.1) is 0 Å². The Balaban J connectivity index is 1.95. The van der Waals surface area contributed by atoms with Crippen molar-refractivity contribution in [2.75, 3.05) is 6.61 Å². The van der Waals surface area contributed by atoms with Crippen LogP contribution in [0.3, 0.4) is 0 Å². The highest BCUT2D eigenvalue weighted by atomic mass is 35.5. The Morgan fingerprint density at radius 3 is 2.10 bits per heavy atom. The molecule has 3 nitrogen and oxygen atoms in total. The van der Waals surface area contributed by atoms with Crippen molar-refractivity contribution >= 4 is 23.2 Å².